The molecule has 1 unspecified atom stereocenters. The molecule has 1 atom stereocenters. The number of amides is 2. The molecule has 0 bridgehead atoms. The van der Waals surface area contributed by atoms with Gasteiger partial charge >= 0.3 is 0 Å². The molecule has 8 heteroatoms. The monoisotopic (exact) mass is 335 g/mol. The van der Waals surface area contributed by atoms with E-state index in [1.54, 1.807) is 23.7 Å². The molecule has 2 aromatic heterocycles. The molecule has 122 valence electrons. The van der Waals surface area contributed by atoms with Crippen LogP contribution in [0.2, 0.25) is 0 Å². The van der Waals surface area contributed by atoms with Gasteiger partial charge in [-0.15, -0.1) is 11.3 Å². The predicted octanol–water partition coefficient (Wildman–Crippen LogP) is 2.00. The lowest BCUT2D eigenvalue weighted by atomic mass is 10.2. The number of ether oxygens (including phenoxy) is 1. The van der Waals surface area contributed by atoms with Crippen molar-refractivity contribution in [1.82, 2.24) is 9.88 Å². The third kappa shape index (κ3) is 4.17. The molecule has 0 saturated carbocycles. The van der Waals surface area contributed by atoms with Crippen LogP contribution in [0.25, 0.3) is 0 Å². The molecule has 23 heavy (non-hydrogen) atoms. The summed E-state index contributed by atoms with van der Waals surface area (Å²) in [4.78, 5) is 30.1. The summed E-state index contributed by atoms with van der Waals surface area (Å²) in [5.41, 5.74) is 0. The normalized spacial score (nSPS) is 17.1. The lowest BCUT2D eigenvalue weighted by Gasteiger charge is -2.23. The van der Waals surface area contributed by atoms with Gasteiger partial charge in [-0.1, -0.05) is 0 Å². The largest absolute Gasteiger partial charge is 0.459 e. The van der Waals surface area contributed by atoms with Gasteiger partial charge in [0.05, 0.1) is 12.4 Å². The maximum atomic E-state index is 12.5. The number of furan rings is 1. The Balaban J connectivity index is 1.66. The van der Waals surface area contributed by atoms with Crippen LogP contribution in [-0.2, 0) is 9.53 Å². The van der Waals surface area contributed by atoms with Crippen LogP contribution in [0.5, 0.6) is 0 Å². The van der Waals surface area contributed by atoms with Gasteiger partial charge in [-0.3, -0.25) is 9.59 Å². The molecule has 1 aliphatic rings. The Labute approximate surface area is 137 Å². The molecule has 0 aliphatic carbocycles. The first-order valence-corrected chi connectivity index (χ1v) is 8.24. The summed E-state index contributed by atoms with van der Waals surface area (Å²) in [6, 6.07) is 3.23. The molecule has 7 nitrogen and oxygen atoms in total. The highest BCUT2D eigenvalue weighted by molar-refractivity contribution is 7.13. The van der Waals surface area contributed by atoms with Gasteiger partial charge in [-0.2, -0.15) is 0 Å². The van der Waals surface area contributed by atoms with E-state index >= 15 is 0 Å². The standard InChI is InChI=1S/C15H17N3O4S/c19-13(17-15-16-5-8-23-15)10-18(9-11-3-1-6-21-11)14(20)12-4-2-7-22-12/h2,4-5,7-8,11H,1,3,6,9-10H2,(H,16,17,19). The van der Waals surface area contributed by atoms with Gasteiger partial charge < -0.3 is 19.4 Å². The van der Waals surface area contributed by atoms with Crippen molar-refractivity contribution in [2.75, 3.05) is 25.0 Å². The highest BCUT2D eigenvalue weighted by Gasteiger charge is 2.26. The van der Waals surface area contributed by atoms with Crippen molar-refractivity contribution in [1.29, 1.82) is 0 Å². The molecule has 0 spiro atoms. The summed E-state index contributed by atoms with van der Waals surface area (Å²) in [5.74, 6) is -0.400. The third-order valence-electron chi connectivity index (χ3n) is 3.48. The van der Waals surface area contributed by atoms with Crippen molar-refractivity contribution < 1.29 is 18.7 Å². The first-order chi connectivity index (χ1) is 11.2. The average molecular weight is 335 g/mol. The maximum Gasteiger partial charge on any atom is 0.290 e. The van der Waals surface area contributed by atoms with E-state index in [4.69, 9.17) is 9.15 Å². The van der Waals surface area contributed by atoms with Crippen LogP contribution < -0.4 is 5.32 Å². The van der Waals surface area contributed by atoms with Crippen molar-refractivity contribution in [3.05, 3.63) is 35.7 Å². The number of nitrogens with zero attached hydrogens (tertiary/aromatic N) is 2. The number of nitrogens with one attached hydrogen (secondary N) is 1. The van der Waals surface area contributed by atoms with E-state index in [9.17, 15) is 9.59 Å². The number of thiazole rings is 1. The number of anilines is 1. The predicted molar refractivity (Wildman–Crippen MR) is 84.3 cm³/mol. The number of carbonyl (C=O) groups is 2. The van der Waals surface area contributed by atoms with Crippen LogP contribution in [0.4, 0.5) is 5.13 Å². The molecule has 1 N–H and O–H groups in total. The highest BCUT2D eigenvalue weighted by Crippen LogP contribution is 2.16. The third-order valence-corrected chi connectivity index (χ3v) is 4.17. The summed E-state index contributed by atoms with van der Waals surface area (Å²) in [6.07, 6.45) is 4.86. The van der Waals surface area contributed by atoms with Gasteiger partial charge in [0.1, 0.15) is 6.54 Å². The molecule has 1 saturated heterocycles. The quantitative estimate of drug-likeness (QED) is 0.873. The maximum absolute atomic E-state index is 12.5. The molecule has 3 heterocycles. The van der Waals surface area contributed by atoms with E-state index in [-0.39, 0.29) is 30.2 Å². The van der Waals surface area contributed by atoms with Crippen molar-refractivity contribution >= 4 is 28.3 Å². The summed E-state index contributed by atoms with van der Waals surface area (Å²) < 4.78 is 10.7. The number of hydrogen-bond acceptors (Lipinski definition) is 6. The van der Waals surface area contributed by atoms with Gasteiger partial charge in [-0.25, -0.2) is 4.98 Å². The molecule has 2 amide bonds. The lowest BCUT2D eigenvalue weighted by Crippen LogP contribution is -2.42. The number of carbonyl (C=O) groups excluding carboxylic acids is 2. The van der Waals surface area contributed by atoms with Crippen molar-refractivity contribution in [2.24, 2.45) is 0 Å². The van der Waals surface area contributed by atoms with E-state index in [1.165, 1.54) is 22.5 Å². The second kappa shape index (κ2) is 7.38. The fourth-order valence-electron chi connectivity index (χ4n) is 2.43. The SMILES string of the molecule is O=C(CN(CC1CCCO1)C(=O)c1ccco1)Nc1nccs1. The zero-order valence-corrected chi connectivity index (χ0v) is 13.3. The minimum absolute atomic E-state index is 0.0402. The first-order valence-electron chi connectivity index (χ1n) is 7.36. The number of rotatable bonds is 6. The Kier molecular flexibility index (Phi) is 5.04. The molecule has 0 radical (unpaired) electrons. The molecule has 0 aromatic carbocycles. The fraction of sp³-hybridized carbons (Fsp3) is 0.400. The molecule has 2 aromatic rings. The highest BCUT2D eigenvalue weighted by atomic mass is 32.1. The van der Waals surface area contributed by atoms with Gasteiger partial charge in [-0.05, 0) is 25.0 Å². The summed E-state index contributed by atoms with van der Waals surface area (Å²) in [6.45, 7) is 0.989. The summed E-state index contributed by atoms with van der Waals surface area (Å²) >= 11 is 1.33. The Bertz CT molecular complexity index is 636. The summed E-state index contributed by atoms with van der Waals surface area (Å²) in [7, 11) is 0. The Morgan fingerprint density at radius 1 is 1.48 bits per heavy atom. The molecular weight excluding hydrogens is 318 g/mol. The van der Waals surface area contributed by atoms with Gasteiger partial charge in [0.25, 0.3) is 5.91 Å². The fourth-order valence-corrected chi connectivity index (χ4v) is 2.97. The number of aromatic nitrogens is 1. The van der Waals surface area contributed by atoms with Gasteiger partial charge in [0.2, 0.25) is 5.91 Å². The van der Waals surface area contributed by atoms with Crippen molar-refractivity contribution in [3.63, 3.8) is 0 Å². The number of hydrogen-bond donors (Lipinski definition) is 1. The smallest absolute Gasteiger partial charge is 0.290 e. The lowest BCUT2D eigenvalue weighted by molar-refractivity contribution is -0.117. The zero-order valence-electron chi connectivity index (χ0n) is 12.4. The minimum Gasteiger partial charge on any atom is -0.459 e. The second-order valence-electron chi connectivity index (χ2n) is 5.18. The first kappa shape index (κ1) is 15.7. The average Bonchev–Trinajstić information content (AvgIpc) is 3.29. The van der Waals surface area contributed by atoms with Crippen LogP contribution in [0.1, 0.15) is 23.4 Å². The van der Waals surface area contributed by atoms with Crippen LogP contribution in [-0.4, -0.2) is 47.5 Å². The molecule has 1 fully saturated rings. The Morgan fingerprint density at radius 3 is 3.04 bits per heavy atom. The van der Waals surface area contributed by atoms with Crippen LogP contribution in [0.3, 0.4) is 0 Å². The minimum atomic E-state index is -0.320. The van der Waals surface area contributed by atoms with Crippen molar-refractivity contribution in [3.8, 4) is 0 Å². The van der Waals surface area contributed by atoms with Gasteiger partial charge in [0, 0.05) is 24.7 Å². The zero-order chi connectivity index (χ0) is 16.1. The van der Waals surface area contributed by atoms with E-state index in [0.717, 1.165) is 12.8 Å². The van der Waals surface area contributed by atoms with E-state index in [0.29, 0.717) is 18.3 Å². The van der Waals surface area contributed by atoms with Crippen LogP contribution >= 0.6 is 11.3 Å². The van der Waals surface area contributed by atoms with Crippen LogP contribution in [0, 0.1) is 0 Å². The molecular formula is C15H17N3O4S. The molecule has 1 aliphatic heterocycles. The van der Waals surface area contributed by atoms with Gasteiger partial charge in [0.15, 0.2) is 10.9 Å². The Morgan fingerprint density at radius 2 is 2.39 bits per heavy atom. The Hall–Kier alpha value is -2.19. The van der Waals surface area contributed by atoms with E-state index < -0.39 is 0 Å². The van der Waals surface area contributed by atoms with E-state index in [2.05, 4.69) is 10.3 Å². The molecule has 3 rings (SSSR count). The van der Waals surface area contributed by atoms with Crippen molar-refractivity contribution in [2.45, 2.75) is 18.9 Å². The van der Waals surface area contributed by atoms with Crippen LogP contribution in [0.15, 0.2) is 34.4 Å². The van der Waals surface area contributed by atoms with E-state index in [1.807, 2.05) is 0 Å². The second-order valence-corrected chi connectivity index (χ2v) is 6.08. The summed E-state index contributed by atoms with van der Waals surface area (Å²) in [5, 5.41) is 4.96. The topological polar surface area (TPSA) is 84.7 Å².